The molecule has 0 aliphatic rings. The van der Waals surface area contributed by atoms with Crippen molar-refractivity contribution in [2.45, 2.75) is 46.0 Å². The predicted molar refractivity (Wildman–Crippen MR) is 90.2 cm³/mol. The molecule has 0 bridgehead atoms. The number of ether oxygens (including phenoxy) is 1. The van der Waals surface area contributed by atoms with Gasteiger partial charge in [-0.3, -0.25) is 4.79 Å². The second-order valence-corrected chi connectivity index (χ2v) is 6.26. The van der Waals surface area contributed by atoms with Crippen LogP contribution in [0.25, 0.3) is 11.3 Å². The highest BCUT2D eigenvalue weighted by molar-refractivity contribution is 5.68. The Morgan fingerprint density at radius 1 is 1.26 bits per heavy atom. The van der Waals surface area contributed by atoms with Crippen LogP contribution in [0.2, 0.25) is 0 Å². The first kappa shape index (κ1) is 17.1. The Bertz CT molecular complexity index is 697. The first-order valence-electron chi connectivity index (χ1n) is 7.83. The molecule has 4 nitrogen and oxygen atoms in total. The largest absolute Gasteiger partial charge is 0.496 e. The lowest BCUT2D eigenvalue weighted by Gasteiger charge is -2.15. The molecule has 0 fully saturated rings. The van der Waals surface area contributed by atoms with Crippen molar-refractivity contribution in [3.63, 3.8) is 0 Å². The molecule has 0 aliphatic carbocycles. The quantitative estimate of drug-likeness (QED) is 0.817. The molecule has 0 amide bonds. The van der Waals surface area contributed by atoms with Gasteiger partial charge in [0.05, 0.1) is 13.5 Å². The van der Waals surface area contributed by atoms with E-state index in [-0.39, 0.29) is 12.3 Å². The van der Waals surface area contributed by atoms with Gasteiger partial charge in [-0.05, 0) is 48.2 Å². The van der Waals surface area contributed by atoms with E-state index in [1.165, 1.54) is 0 Å². The Morgan fingerprint density at radius 2 is 1.96 bits per heavy atom. The molecule has 0 radical (unpaired) electrons. The molecule has 2 rings (SSSR count). The zero-order chi connectivity index (χ0) is 17.1. The van der Waals surface area contributed by atoms with E-state index < -0.39 is 5.97 Å². The maximum Gasteiger partial charge on any atom is 0.304 e. The summed E-state index contributed by atoms with van der Waals surface area (Å²) in [5.74, 6) is 1.71. The first-order valence-corrected chi connectivity index (χ1v) is 7.83. The molecule has 1 N–H and O–H groups in total. The number of hydrogen-bond acceptors (Lipinski definition) is 3. The summed E-state index contributed by atoms with van der Waals surface area (Å²) in [6.07, 6.45) is 0.0613. The van der Waals surface area contributed by atoms with E-state index in [1.807, 2.05) is 32.0 Å². The van der Waals surface area contributed by atoms with E-state index in [1.54, 1.807) is 7.11 Å². The summed E-state index contributed by atoms with van der Waals surface area (Å²) < 4.78 is 11.4. The molecular weight excluding hydrogens is 292 g/mol. The zero-order valence-corrected chi connectivity index (χ0v) is 14.3. The molecule has 0 saturated carbocycles. The van der Waals surface area contributed by atoms with Gasteiger partial charge in [-0.25, -0.2) is 0 Å². The summed E-state index contributed by atoms with van der Waals surface area (Å²) in [6, 6.07) is 7.89. The predicted octanol–water partition coefficient (Wildman–Crippen LogP) is 4.97. The third-order valence-electron chi connectivity index (χ3n) is 4.06. The SMILES string of the molecule is COc1cc(C)c(-c2ccc(C(C)CC(=O)O)o2)cc1C(C)C. The number of carbonyl (C=O) groups is 1. The van der Waals surface area contributed by atoms with Gasteiger partial charge >= 0.3 is 5.97 Å². The Morgan fingerprint density at radius 3 is 2.52 bits per heavy atom. The van der Waals surface area contributed by atoms with Crippen molar-refractivity contribution < 1.29 is 19.1 Å². The standard InChI is InChI=1S/C19H24O4/c1-11(2)14-10-15(12(3)8-18(14)22-5)17-7-6-16(23-17)13(4)9-19(20)21/h6-8,10-11,13H,9H2,1-5H3,(H,20,21). The third-order valence-corrected chi connectivity index (χ3v) is 4.06. The summed E-state index contributed by atoms with van der Waals surface area (Å²) in [4.78, 5) is 10.8. The molecule has 124 valence electrons. The topological polar surface area (TPSA) is 59.7 Å². The van der Waals surface area contributed by atoms with Gasteiger partial charge in [0.1, 0.15) is 17.3 Å². The van der Waals surface area contributed by atoms with E-state index in [2.05, 4.69) is 19.9 Å². The number of carboxylic acids is 1. The van der Waals surface area contributed by atoms with Crippen molar-refractivity contribution in [1.29, 1.82) is 0 Å². The minimum absolute atomic E-state index is 0.0613. The number of hydrogen-bond donors (Lipinski definition) is 1. The van der Waals surface area contributed by atoms with Crippen molar-refractivity contribution in [1.82, 2.24) is 0 Å². The van der Waals surface area contributed by atoms with Gasteiger partial charge in [-0.2, -0.15) is 0 Å². The lowest BCUT2D eigenvalue weighted by atomic mass is 9.95. The highest BCUT2D eigenvalue weighted by Gasteiger charge is 2.17. The van der Waals surface area contributed by atoms with E-state index in [4.69, 9.17) is 14.3 Å². The van der Waals surface area contributed by atoms with E-state index in [0.29, 0.717) is 11.7 Å². The molecule has 0 aliphatic heterocycles. The highest BCUT2D eigenvalue weighted by atomic mass is 16.5. The van der Waals surface area contributed by atoms with Crippen LogP contribution < -0.4 is 4.74 Å². The van der Waals surface area contributed by atoms with Crippen LogP contribution in [0.1, 0.15) is 55.9 Å². The molecular formula is C19H24O4. The number of carboxylic acid groups (broad SMARTS) is 1. The van der Waals surface area contributed by atoms with Crippen LogP contribution in [-0.4, -0.2) is 18.2 Å². The highest BCUT2D eigenvalue weighted by Crippen LogP contribution is 2.36. The second kappa shape index (κ2) is 6.90. The Labute approximate surface area is 137 Å². The number of aryl methyl sites for hydroxylation is 1. The maximum atomic E-state index is 10.8. The van der Waals surface area contributed by atoms with Gasteiger partial charge in [-0.15, -0.1) is 0 Å². The zero-order valence-electron chi connectivity index (χ0n) is 14.3. The molecule has 0 saturated heterocycles. The summed E-state index contributed by atoms with van der Waals surface area (Å²) in [5, 5.41) is 8.91. The molecule has 1 heterocycles. The molecule has 1 unspecified atom stereocenters. The number of methoxy groups -OCH3 is 1. The molecule has 23 heavy (non-hydrogen) atoms. The van der Waals surface area contributed by atoms with Gasteiger partial charge < -0.3 is 14.3 Å². The number of aliphatic carboxylic acids is 1. The van der Waals surface area contributed by atoms with Crippen molar-refractivity contribution in [2.75, 3.05) is 7.11 Å². The summed E-state index contributed by atoms with van der Waals surface area (Å²) >= 11 is 0. The van der Waals surface area contributed by atoms with Crippen LogP contribution >= 0.6 is 0 Å². The minimum Gasteiger partial charge on any atom is -0.496 e. The van der Waals surface area contributed by atoms with Crippen LogP contribution in [0, 0.1) is 6.92 Å². The van der Waals surface area contributed by atoms with E-state index in [0.717, 1.165) is 28.2 Å². The lowest BCUT2D eigenvalue weighted by molar-refractivity contribution is -0.137. The van der Waals surface area contributed by atoms with Gasteiger partial charge in [0, 0.05) is 11.5 Å². The molecule has 4 heteroatoms. The third kappa shape index (κ3) is 3.76. The molecule has 2 aromatic rings. The van der Waals surface area contributed by atoms with Crippen LogP contribution in [0.3, 0.4) is 0 Å². The van der Waals surface area contributed by atoms with Crippen molar-refractivity contribution in [3.8, 4) is 17.1 Å². The summed E-state index contributed by atoms with van der Waals surface area (Å²) in [7, 11) is 1.68. The van der Waals surface area contributed by atoms with Crippen LogP contribution in [0.4, 0.5) is 0 Å². The van der Waals surface area contributed by atoms with E-state index in [9.17, 15) is 4.79 Å². The van der Waals surface area contributed by atoms with Gasteiger partial charge in [0.2, 0.25) is 0 Å². The Kier molecular flexibility index (Phi) is 5.14. The maximum absolute atomic E-state index is 10.8. The molecule has 1 aromatic carbocycles. The molecule has 1 atom stereocenters. The fraction of sp³-hybridized carbons (Fsp3) is 0.421. The lowest BCUT2D eigenvalue weighted by Crippen LogP contribution is -2.01. The molecule has 0 spiro atoms. The smallest absolute Gasteiger partial charge is 0.304 e. The van der Waals surface area contributed by atoms with Gasteiger partial charge in [0.15, 0.2) is 0 Å². The average Bonchev–Trinajstić information content (AvgIpc) is 2.95. The number of rotatable bonds is 6. The van der Waals surface area contributed by atoms with Crippen LogP contribution in [0.5, 0.6) is 5.75 Å². The van der Waals surface area contributed by atoms with Crippen molar-refractivity contribution in [3.05, 3.63) is 41.2 Å². The summed E-state index contributed by atoms with van der Waals surface area (Å²) in [5.41, 5.74) is 3.21. The van der Waals surface area contributed by atoms with E-state index >= 15 is 0 Å². The fourth-order valence-corrected chi connectivity index (χ4v) is 2.72. The van der Waals surface area contributed by atoms with Crippen molar-refractivity contribution >= 4 is 5.97 Å². The summed E-state index contributed by atoms with van der Waals surface area (Å²) in [6.45, 7) is 8.13. The van der Waals surface area contributed by atoms with Crippen molar-refractivity contribution in [2.24, 2.45) is 0 Å². The Hall–Kier alpha value is -2.23. The normalized spacial score (nSPS) is 12.4. The number of furan rings is 1. The molecule has 1 aromatic heterocycles. The van der Waals surface area contributed by atoms with Gasteiger partial charge in [0.25, 0.3) is 0 Å². The monoisotopic (exact) mass is 316 g/mol. The fourth-order valence-electron chi connectivity index (χ4n) is 2.72. The number of benzene rings is 1. The van der Waals surface area contributed by atoms with Crippen LogP contribution in [-0.2, 0) is 4.79 Å². The minimum atomic E-state index is -0.821. The van der Waals surface area contributed by atoms with Crippen LogP contribution in [0.15, 0.2) is 28.7 Å². The Balaban J connectivity index is 2.41. The van der Waals surface area contributed by atoms with Gasteiger partial charge in [-0.1, -0.05) is 20.8 Å². The first-order chi connectivity index (χ1) is 10.8. The second-order valence-electron chi connectivity index (χ2n) is 6.26. The average molecular weight is 316 g/mol.